The van der Waals surface area contributed by atoms with E-state index in [9.17, 15) is 14.4 Å². The molecule has 31 heavy (non-hydrogen) atoms. The van der Waals surface area contributed by atoms with Gasteiger partial charge in [0.05, 0.1) is 6.42 Å². The summed E-state index contributed by atoms with van der Waals surface area (Å²) < 4.78 is 1.35. The molecule has 2 aromatic heterocycles. The number of anilines is 2. The van der Waals surface area contributed by atoms with E-state index in [0.29, 0.717) is 19.5 Å². The number of aromatic nitrogens is 3. The molecule has 0 aliphatic rings. The first-order chi connectivity index (χ1) is 14.9. The van der Waals surface area contributed by atoms with Crippen LogP contribution in [0.3, 0.4) is 0 Å². The molecule has 0 atom stereocenters. The number of nitrogens with two attached hydrogens (primary N) is 1. The molecule has 166 valence electrons. The molecular formula is C23H31N5O3. The van der Waals surface area contributed by atoms with Gasteiger partial charge in [-0.05, 0) is 37.0 Å². The molecule has 0 saturated heterocycles. The molecule has 0 aliphatic carbocycles. The van der Waals surface area contributed by atoms with Gasteiger partial charge in [-0.3, -0.25) is 19.1 Å². The number of carbonyl (C=O) groups is 1. The van der Waals surface area contributed by atoms with Gasteiger partial charge in [-0.25, -0.2) is 4.79 Å². The van der Waals surface area contributed by atoms with Crippen LogP contribution in [0.4, 0.5) is 11.5 Å². The number of carbonyl (C=O) groups excluding carboxylic acids is 1. The summed E-state index contributed by atoms with van der Waals surface area (Å²) in [6, 6.07) is 5.94. The Bertz CT molecular complexity index is 1190. The molecule has 1 amide bonds. The van der Waals surface area contributed by atoms with Crippen molar-refractivity contribution in [3.05, 3.63) is 56.4 Å². The fourth-order valence-corrected chi connectivity index (χ4v) is 3.90. The molecule has 0 aliphatic heterocycles. The second-order valence-corrected chi connectivity index (χ2v) is 7.89. The van der Waals surface area contributed by atoms with Crippen molar-refractivity contribution in [3.63, 3.8) is 0 Å². The van der Waals surface area contributed by atoms with Gasteiger partial charge in [0, 0.05) is 30.2 Å². The van der Waals surface area contributed by atoms with Gasteiger partial charge in [0.2, 0.25) is 5.91 Å². The molecule has 0 bridgehead atoms. The van der Waals surface area contributed by atoms with Crippen LogP contribution < -0.4 is 21.9 Å². The van der Waals surface area contributed by atoms with Crippen LogP contribution in [0.25, 0.3) is 10.9 Å². The minimum absolute atomic E-state index is 0.0433. The van der Waals surface area contributed by atoms with Crippen LogP contribution in [-0.2, 0) is 17.8 Å². The fourth-order valence-electron chi connectivity index (χ4n) is 3.90. The number of benzene rings is 1. The van der Waals surface area contributed by atoms with Crippen LogP contribution in [-0.4, -0.2) is 27.0 Å². The molecule has 0 fully saturated rings. The molecule has 3 aromatic rings. The molecular weight excluding hydrogens is 394 g/mol. The number of hydrogen-bond acceptors (Lipinski definition) is 4. The van der Waals surface area contributed by atoms with Gasteiger partial charge in [0.25, 0.3) is 5.56 Å². The predicted octanol–water partition coefficient (Wildman–Crippen LogP) is 3.08. The highest BCUT2D eigenvalue weighted by atomic mass is 16.2. The highest BCUT2D eigenvalue weighted by Crippen LogP contribution is 2.25. The normalized spacial score (nSPS) is 11.2. The number of fused-ring (bicyclic) bond motifs is 1. The summed E-state index contributed by atoms with van der Waals surface area (Å²) in [5, 5.41) is 1.01. The molecule has 8 heteroatoms. The van der Waals surface area contributed by atoms with Crippen LogP contribution in [0.2, 0.25) is 0 Å². The summed E-state index contributed by atoms with van der Waals surface area (Å²) in [6.45, 7) is 6.78. The van der Waals surface area contributed by atoms with Crippen molar-refractivity contribution in [2.45, 2.75) is 59.4 Å². The van der Waals surface area contributed by atoms with Crippen molar-refractivity contribution in [2.75, 3.05) is 17.2 Å². The number of nitrogens with zero attached hydrogens (tertiary/aromatic N) is 2. The van der Waals surface area contributed by atoms with E-state index in [-0.39, 0.29) is 23.8 Å². The van der Waals surface area contributed by atoms with E-state index in [1.165, 1.54) is 9.47 Å². The van der Waals surface area contributed by atoms with E-state index < -0.39 is 11.2 Å². The third kappa shape index (κ3) is 4.57. The number of H-pyrrole nitrogens is 2. The van der Waals surface area contributed by atoms with Gasteiger partial charge in [0.1, 0.15) is 5.82 Å². The maximum Gasteiger partial charge on any atom is 0.330 e. The zero-order valence-corrected chi connectivity index (χ0v) is 18.5. The van der Waals surface area contributed by atoms with E-state index in [1.807, 2.05) is 45.2 Å². The highest BCUT2D eigenvalue weighted by molar-refractivity contribution is 5.99. The van der Waals surface area contributed by atoms with Gasteiger partial charge in [0.15, 0.2) is 5.69 Å². The molecule has 3 rings (SSSR count). The minimum Gasteiger partial charge on any atom is -0.383 e. The summed E-state index contributed by atoms with van der Waals surface area (Å²) in [5.74, 6) is -0.183. The van der Waals surface area contributed by atoms with Gasteiger partial charge in [-0.2, -0.15) is 0 Å². The first kappa shape index (κ1) is 22.4. The third-order valence-electron chi connectivity index (χ3n) is 5.59. The first-order valence-electron chi connectivity index (χ1n) is 10.9. The zero-order chi connectivity index (χ0) is 22.5. The molecule has 0 spiro atoms. The SMILES string of the molecule is CCCCN(C(=O)Cc1c[nH]c2cccc(C)c12)c1c(N)n(CCCC)c(=O)[nH]c1=O. The van der Waals surface area contributed by atoms with E-state index in [1.54, 1.807) is 0 Å². The monoisotopic (exact) mass is 425 g/mol. The average Bonchev–Trinajstić information content (AvgIpc) is 3.14. The summed E-state index contributed by atoms with van der Waals surface area (Å²) >= 11 is 0. The Balaban J connectivity index is 2.03. The standard InChI is InChI=1S/C23H31N5O3/c1-4-6-11-27(20-21(24)28(12-7-5-2)23(31)26-22(20)30)18(29)13-16-14-25-17-10-8-9-15(3)19(16)17/h8-10,14,25H,4-7,11-13,24H2,1-3H3,(H,26,30,31). The van der Waals surface area contributed by atoms with Crippen molar-refractivity contribution in [1.82, 2.24) is 14.5 Å². The zero-order valence-electron chi connectivity index (χ0n) is 18.5. The van der Waals surface area contributed by atoms with Gasteiger partial charge in [-0.1, -0.05) is 38.8 Å². The highest BCUT2D eigenvalue weighted by Gasteiger charge is 2.24. The maximum atomic E-state index is 13.4. The molecule has 8 nitrogen and oxygen atoms in total. The van der Waals surface area contributed by atoms with Crippen molar-refractivity contribution in [2.24, 2.45) is 0 Å². The lowest BCUT2D eigenvalue weighted by Gasteiger charge is -2.24. The molecule has 4 N–H and O–H groups in total. The molecule has 1 aromatic carbocycles. The van der Waals surface area contributed by atoms with Crippen LogP contribution in [0.15, 0.2) is 34.0 Å². The van der Waals surface area contributed by atoms with Gasteiger partial charge in [-0.15, -0.1) is 0 Å². The number of amides is 1. The second-order valence-electron chi connectivity index (χ2n) is 7.89. The van der Waals surface area contributed by atoms with Crippen LogP contribution >= 0.6 is 0 Å². The van der Waals surface area contributed by atoms with Gasteiger partial charge < -0.3 is 15.6 Å². The number of rotatable bonds is 9. The second kappa shape index (κ2) is 9.68. The Morgan fingerprint density at radius 2 is 1.90 bits per heavy atom. The van der Waals surface area contributed by atoms with Crippen molar-refractivity contribution >= 4 is 28.3 Å². The Morgan fingerprint density at radius 3 is 2.61 bits per heavy atom. The van der Waals surface area contributed by atoms with Crippen LogP contribution in [0.5, 0.6) is 0 Å². The van der Waals surface area contributed by atoms with Crippen LogP contribution in [0, 0.1) is 6.92 Å². The molecule has 2 heterocycles. The average molecular weight is 426 g/mol. The van der Waals surface area contributed by atoms with E-state index in [0.717, 1.165) is 41.3 Å². The summed E-state index contributed by atoms with van der Waals surface area (Å²) in [4.78, 5) is 45.4. The summed E-state index contributed by atoms with van der Waals surface area (Å²) in [6.07, 6.45) is 5.14. The number of aryl methyl sites for hydroxylation is 1. The Morgan fingerprint density at radius 1 is 1.16 bits per heavy atom. The topological polar surface area (TPSA) is 117 Å². The number of hydrogen-bond donors (Lipinski definition) is 3. The van der Waals surface area contributed by atoms with E-state index >= 15 is 0 Å². The lowest BCUT2D eigenvalue weighted by atomic mass is 10.0. The smallest absolute Gasteiger partial charge is 0.330 e. The third-order valence-corrected chi connectivity index (χ3v) is 5.59. The quantitative estimate of drug-likeness (QED) is 0.488. The number of nitrogens with one attached hydrogen (secondary N) is 2. The Labute approximate surface area is 181 Å². The van der Waals surface area contributed by atoms with Crippen molar-refractivity contribution in [1.29, 1.82) is 0 Å². The fraction of sp³-hybridized carbons (Fsp3) is 0.435. The largest absolute Gasteiger partial charge is 0.383 e. The van der Waals surface area contributed by atoms with Crippen molar-refractivity contribution < 1.29 is 4.79 Å². The number of unbranched alkanes of at least 4 members (excludes halogenated alkanes) is 2. The minimum atomic E-state index is -0.630. The lowest BCUT2D eigenvalue weighted by Crippen LogP contribution is -2.42. The Hall–Kier alpha value is -3.29. The predicted molar refractivity (Wildman–Crippen MR) is 125 cm³/mol. The molecule has 0 radical (unpaired) electrons. The lowest BCUT2D eigenvalue weighted by molar-refractivity contribution is -0.118. The molecule has 0 unspecified atom stereocenters. The van der Waals surface area contributed by atoms with E-state index in [4.69, 9.17) is 5.73 Å². The van der Waals surface area contributed by atoms with E-state index in [2.05, 4.69) is 9.97 Å². The summed E-state index contributed by atoms with van der Waals surface area (Å²) in [7, 11) is 0. The van der Waals surface area contributed by atoms with Gasteiger partial charge >= 0.3 is 5.69 Å². The molecule has 0 saturated carbocycles. The Kier molecular flexibility index (Phi) is 6.99. The first-order valence-corrected chi connectivity index (χ1v) is 10.9. The van der Waals surface area contributed by atoms with Crippen molar-refractivity contribution in [3.8, 4) is 0 Å². The van der Waals surface area contributed by atoms with Crippen LogP contribution in [0.1, 0.15) is 50.7 Å². The number of aromatic amines is 2. The summed E-state index contributed by atoms with van der Waals surface area (Å²) in [5.41, 5.74) is 8.06. The maximum absolute atomic E-state index is 13.4. The number of nitrogen functional groups attached to an aromatic ring is 1.